The van der Waals surface area contributed by atoms with E-state index < -0.39 is 17.7 Å². The van der Waals surface area contributed by atoms with Gasteiger partial charge in [-0.2, -0.15) is 13.2 Å². The second-order valence-electron chi connectivity index (χ2n) is 6.21. The summed E-state index contributed by atoms with van der Waals surface area (Å²) in [6.45, 7) is 0. The van der Waals surface area contributed by atoms with E-state index in [1.165, 1.54) is 0 Å². The third-order valence-electron chi connectivity index (χ3n) is 4.73. The number of alkyl halides is 3. The number of nitrogens with zero attached hydrogens (tertiary/aromatic N) is 1. The Balaban J connectivity index is 1.64. The van der Waals surface area contributed by atoms with Crippen molar-refractivity contribution < 1.29 is 22.8 Å². The number of fused-ring (bicyclic) bond motifs is 3. The number of carbonyl (C=O) groups is 1. The number of hydrogen-bond donors (Lipinski definition) is 1. The summed E-state index contributed by atoms with van der Waals surface area (Å²) in [5.41, 5.74) is 1.26. The molecule has 0 spiro atoms. The molecule has 3 aliphatic rings. The van der Waals surface area contributed by atoms with Crippen LogP contribution < -0.4 is 5.48 Å². The summed E-state index contributed by atoms with van der Waals surface area (Å²) in [5, 5.41) is -0.324. The molecule has 0 aromatic carbocycles. The fourth-order valence-corrected chi connectivity index (χ4v) is 3.77. The molecule has 1 aromatic heterocycles. The van der Waals surface area contributed by atoms with Crippen LogP contribution in [0.1, 0.15) is 37.7 Å². The molecule has 23 heavy (non-hydrogen) atoms. The molecule has 1 aromatic rings. The van der Waals surface area contributed by atoms with Gasteiger partial charge >= 0.3 is 12.1 Å². The standard InChI is InChI=1S/C15H16ClF3N2O2/c16-12-6-10(15(17,18)19)7-13(20-12)21-23-14(22)11-5-8-1-3-9(11)4-2-8/h6-9,11H,1-5H2,(H,20,21). The molecule has 3 fully saturated rings. The lowest BCUT2D eigenvalue weighted by atomic mass is 9.65. The number of rotatable bonds is 3. The molecule has 0 amide bonds. The van der Waals surface area contributed by atoms with Crippen molar-refractivity contribution in [2.75, 3.05) is 5.48 Å². The summed E-state index contributed by atoms with van der Waals surface area (Å²) < 4.78 is 38.2. The normalized spacial score (nSPS) is 26.9. The van der Waals surface area contributed by atoms with Crippen LogP contribution in [-0.4, -0.2) is 11.0 Å². The Bertz CT molecular complexity index is 601. The summed E-state index contributed by atoms with van der Waals surface area (Å²) in [6, 6.07) is 1.47. The van der Waals surface area contributed by atoms with Crippen molar-refractivity contribution in [3.05, 3.63) is 22.8 Å². The number of aromatic nitrogens is 1. The highest BCUT2D eigenvalue weighted by Crippen LogP contribution is 2.45. The average Bonchev–Trinajstić information content (AvgIpc) is 2.52. The van der Waals surface area contributed by atoms with E-state index in [4.69, 9.17) is 16.4 Å². The molecule has 1 atom stereocenters. The summed E-state index contributed by atoms with van der Waals surface area (Å²) in [7, 11) is 0. The molecule has 1 N–H and O–H groups in total. The Morgan fingerprint density at radius 2 is 1.96 bits per heavy atom. The van der Waals surface area contributed by atoms with Crippen LogP contribution in [0.2, 0.25) is 5.15 Å². The Morgan fingerprint density at radius 3 is 2.52 bits per heavy atom. The molecule has 3 aliphatic carbocycles. The lowest BCUT2D eigenvalue weighted by molar-refractivity contribution is -0.151. The van der Waals surface area contributed by atoms with Crippen molar-refractivity contribution in [1.29, 1.82) is 0 Å². The molecule has 1 heterocycles. The van der Waals surface area contributed by atoms with Gasteiger partial charge in [0, 0.05) is 0 Å². The summed E-state index contributed by atoms with van der Waals surface area (Å²) in [4.78, 5) is 20.8. The van der Waals surface area contributed by atoms with Crippen molar-refractivity contribution >= 4 is 23.4 Å². The van der Waals surface area contributed by atoms with Crippen LogP contribution in [0, 0.1) is 17.8 Å². The highest BCUT2D eigenvalue weighted by Gasteiger charge is 2.40. The number of anilines is 1. The molecular weight excluding hydrogens is 333 g/mol. The minimum atomic E-state index is -4.55. The zero-order chi connectivity index (χ0) is 16.6. The Hall–Kier alpha value is -1.50. The number of hydrogen-bond acceptors (Lipinski definition) is 4. The van der Waals surface area contributed by atoms with Crippen molar-refractivity contribution in [2.24, 2.45) is 17.8 Å². The molecule has 4 rings (SSSR count). The smallest absolute Gasteiger partial charge is 0.342 e. The second kappa shape index (κ2) is 6.19. The minimum Gasteiger partial charge on any atom is -0.342 e. The molecule has 1 unspecified atom stereocenters. The second-order valence-corrected chi connectivity index (χ2v) is 6.59. The van der Waals surface area contributed by atoms with Crippen LogP contribution in [0.25, 0.3) is 0 Å². The van der Waals surface area contributed by atoms with Gasteiger partial charge in [0.25, 0.3) is 0 Å². The lowest BCUT2D eigenvalue weighted by Crippen LogP contribution is -2.37. The molecule has 8 heteroatoms. The van der Waals surface area contributed by atoms with Gasteiger partial charge in [0.2, 0.25) is 0 Å². The lowest BCUT2D eigenvalue weighted by Gasteiger charge is -2.40. The van der Waals surface area contributed by atoms with Gasteiger partial charge in [-0.1, -0.05) is 24.4 Å². The van der Waals surface area contributed by atoms with Gasteiger partial charge < -0.3 is 4.84 Å². The van der Waals surface area contributed by atoms with Crippen molar-refractivity contribution in [1.82, 2.24) is 4.98 Å². The summed E-state index contributed by atoms with van der Waals surface area (Å²) in [6.07, 6.45) is 0.562. The first kappa shape index (κ1) is 16.4. The SMILES string of the molecule is O=C(ONc1cc(C(F)(F)F)cc(Cl)n1)C1CC2CCC1CC2. The van der Waals surface area contributed by atoms with E-state index in [0.717, 1.165) is 38.2 Å². The predicted octanol–water partition coefficient (Wildman–Crippen LogP) is 4.45. The molecule has 4 nitrogen and oxygen atoms in total. The van der Waals surface area contributed by atoms with Crippen molar-refractivity contribution in [3.63, 3.8) is 0 Å². The Kier molecular flexibility index (Phi) is 4.40. The van der Waals surface area contributed by atoms with E-state index in [-0.39, 0.29) is 16.9 Å². The fourth-order valence-electron chi connectivity index (χ4n) is 3.56. The monoisotopic (exact) mass is 348 g/mol. The third kappa shape index (κ3) is 3.71. The molecule has 0 aliphatic heterocycles. The molecule has 126 valence electrons. The van der Waals surface area contributed by atoms with E-state index in [9.17, 15) is 18.0 Å². The van der Waals surface area contributed by atoms with E-state index >= 15 is 0 Å². The van der Waals surface area contributed by atoms with Crippen LogP contribution >= 0.6 is 11.6 Å². The van der Waals surface area contributed by atoms with Crippen molar-refractivity contribution in [2.45, 2.75) is 38.3 Å². The van der Waals surface area contributed by atoms with Crippen LogP contribution in [0.15, 0.2) is 12.1 Å². The van der Waals surface area contributed by atoms with Gasteiger partial charge in [0.15, 0.2) is 5.82 Å². The van der Waals surface area contributed by atoms with Gasteiger partial charge in [-0.05, 0) is 43.2 Å². The molecule has 3 saturated carbocycles. The fraction of sp³-hybridized carbons (Fsp3) is 0.600. The van der Waals surface area contributed by atoms with E-state index in [1.807, 2.05) is 0 Å². The predicted molar refractivity (Wildman–Crippen MR) is 77.5 cm³/mol. The highest BCUT2D eigenvalue weighted by atomic mass is 35.5. The van der Waals surface area contributed by atoms with Crippen molar-refractivity contribution in [3.8, 4) is 0 Å². The number of nitrogens with one attached hydrogen (secondary N) is 1. The zero-order valence-corrected chi connectivity index (χ0v) is 13.0. The highest BCUT2D eigenvalue weighted by molar-refractivity contribution is 6.29. The first-order chi connectivity index (χ1) is 10.8. The van der Waals surface area contributed by atoms with E-state index in [1.54, 1.807) is 0 Å². The number of carbonyl (C=O) groups excluding carboxylic acids is 1. The molecule has 0 saturated heterocycles. The largest absolute Gasteiger partial charge is 0.416 e. The summed E-state index contributed by atoms with van der Waals surface area (Å²) in [5.74, 6) is 0.0104. The van der Waals surface area contributed by atoms with Crippen LogP contribution in [0.5, 0.6) is 0 Å². The van der Waals surface area contributed by atoms with Gasteiger partial charge in [-0.3, -0.25) is 0 Å². The van der Waals surface area contributed by atoms with Gasteiger partial charge in [-0.15, -0.1) is 0 Å². The maximum absolute atomic E-state index is 12.7. The third-order valence-corrected chi connectivity index (χ3v) is 4.92. The number of pyridine rings is 1. The quantitative estimate of drug-likeness (QED) is 0.647. The maximum Gasteiger partial charge on any atom is 0.416 e. The summed E-state index contributed by atoms with van der Waals surface area (Å²) >= 11 is 5.58. The van der Waals surface area contributed by atoms with Crippen LogP contribution in [-0.2, 0) is 15.8 Å². The Labute approximate surface area is 136 Å². The van der Waals surface area contributed by atoms with Gasteiger partial charge in [0.05, 0.1) is 11.5 Å². The van der Waals surface area contributed by atoms with Gasteiger partial charge in [-0.25, -0.2) is 15.3 Å². The Morgan fingerprint density at radius 1 is 1.26 bits per heavy atom. The minimum absolute atomic E-state index is 0.184. The van der Waals surface area contributed by atoms with Gasteiger partial charge in [0.1, 0.15) is 5.15 Å². The van der Waals surface area contributed by atoms with E-state index in [0.29, 0.717) is 17.9 Å². The molecule has 0 radical (unpaired) electrons. The van der Waals surface area contributed by atoms with E-state index in [2.05, 4.69) is 10.5 Å². The average molecular weight is 349 g/mol. The molecular formula is C15H16ClF3N2O2. The first-order valence-corrected chi connectivity index (χ1v) is 7.92. The van der Waals surface area contributed by atoms with Crippen LogP contribution in [0.4, 0.5) is 19.0 Å². The topological polar surface area (TPSA) is 51.2 Å². The number of halogens is 4. The van der Waals surface area contributed by atoms with Crippen LogP contribution in [0.3, 0.4) is 0 Å². The first-order valence-electron chi connectivity index (χ1n) is 7.54. The maximum atomic E-state index is 12.7. The molecule has 2 bridgehead atoms. The zero-order valence-electron chi connectivity index (χ0n) is 12.2.